The van der Waals surface area contributed by atoms with E-state index in [2.05, 4.69) is 12.2 Å². The minimum Gasteiger partial charge on any atom is -0.356 e. The van der Waals surface area contributed by atoms with Crippen molar-refractivity contribution < 1.29 is 9.47 Å². The lowest BCUT2D eigenvalue weighted by Crippen LogP contribution is -2.44. The van der Waals surface area contributed by atoms with Crippen LogP contribution in [0.25, 0.3) is 0 Å². The fourth-order valence-corrected chi connectivity index (χ4v) is 2.45. The van der Waals surface area contributed by atoms with Gasteiger partial charge in [-0.15, -0.1) is 0 Å². The van der Waals surface area contributed by atoms with Crippen LogP contribution in [0.5, 0.6) is 0 Å². The summed E-state index contributed by atoms with van der Waals surface area (Å²) in [5.41, 5.74) is 5.77. The molecule has 3 atom stereocenters. The lowest BCUT2D eigenvalue weighted by Gasteiger charge is -2.25. The molecule has 16 heavy (non-hydrogen) atoms. The molecule has 0 bridgehead atoms. The van der Waals surface area contributed by atoms with Gasteiger partial charge in [0.2, 0.25) is 0 Å². The molecule has 0 spiro atoms. The van der Waals surface area contributed by atoms with E-state index in [9.17, 15) is 0 Å². The molecule has 4 nitrogen and oxygen atoms in total. The van der Waals surface area contributed by atoms with Crippen LogP contribution in [0.15, 0.2) is 0 Å². The summed E-state index contributed by atoms with van der Waals surface area (Å²) >= 11 is 0. The maximum absolute atomic E-state index is 5.77. The third-order valence-electron chi connectivity index (χ3n) is 3.45. The molecule has 3 N–H and O–H groups in total. The van der Waals surface area contributed by atoms with E-state index in [0.29, 0.717) is 18.6 Å². The number of hydrogen-bond acceptors (Lipinski definition) is 4. The van der Waals surface area contributed by atoms with Crippen LogP contribution in [-0.2, 0) is 9.47 Å². The number of rotatable bonds is 7. The summed E-state index contributed by atoms with van der Waals surface area (Å²) in [5, 5.41) is 3.61. The Morgan fingerprint density at radius 3 is 2.44 bits per heavy atom. The van der Waals surface area contributed by atoms with Crippen LogP contribution in [0.4, 0.5) is 0 Å². The monoisotopic (exact) mass is 230 g/mol. The Labute approximate surface area is 98.9 Å². The van der Waals surface area contributed by atoms with Gasteiger partial charge in [0.1, 0.15) is 0 Å². The van der Waals surface area contributed by atoms with Crippen molar-refractivity contribution in [2.45, 2.75) is 51.0 Å². The zero-order valence-corrected chi connectivity index (χ0v) is 10.7. The molecule has 0 aromatic carbocycles. The van der Waals surface area contributed by atoms with Gasteiger partial charge in [-0.05, 0) is 25.2 Å². The SMILES string of the molecule is COC(CC(CN)NC1CCC(C)C1)OC. The van der Waals surface area contributed by atoms with Crippen molar-refractivity contribution >= 4 is 0 Å². The first-order valence-corrected chi connectivity index (χ1v) is 6.21. The highest BCUT2D eigenvalue weighted by Gasteiger charge is 2.24. The summed E-state index contributed by atoms with van der Waals surface area (Å²) < 4.78 is 10.4. The second-order valence-corrected chi connectivity index (χ2v) is 4.85. The first kappa shape index (κ1) is 13.9. The molecule has 0 aromatic heterocycles. The summed E-state index contributed by atoms with van der Waals surface area (Å²) in [6.45, 7) is 2.94. The van der Waals surface area contributed by atoms with Crippen LogP contribution in [0.2, 0.25) is 0 Å². The van der Waals surface area contributed by atoms with Gasteiger partial charge in [0.25, 0.3) is 0 Å². The molecule has 0 aromatic rings. The largest absolute Gasteiger partial charge is 0.356 e. The van der Waals surface area contributed by atoms with Crippen molar-refractivity contribution in [1.82, 2.24) is 5.32 Å². The highest BCUT2D eigenvalue weighted by Crippen LogP contribution is 2.25. The minimum absolute atomic E-state index is 0.153. The minimum atomic E-state index is -0.153. The van der Waals surface area contributed by atoms with E-state index < -0.39 is 0 Å². The van der Waals surface area contributed by atoms with Crippen LogP contribution in [0.3, 0.4) is 0 Å². The zero-order chi connectivity index (χ0) is 12.0. The number of ether oxygens (including phenoxy) is 2. The van der Waals surface area contributed by atoms with Gasteiger partial charge in [0, 0.05) is 39.3 Å². The molecular formula is C12H26N2O2. The van der Waals surface area contributed by atoms with Crippen molar-refractivity contribution in [3.05, 3.63) is 0 Å². The lowest BCUT2D eigenvalue weighted by molar-refractivity contribution is -0.110. The Bertz CT molecular complexity index is 186. The summed E-state index contributed by atoms with van der Waals surface area (Å²) in [4.78, 5) is 0. The van der Waals surface area contributed by atoms with Crippen LogP contribution in [-0.4, -0.2) is 39.1 Å². The highest BCUT2D eigenvalue weighted by atomic mass is 16.7. The molecule has 1 fully saturated rings. The predicted octanol–water partition coefficient (Wildman–Crippen LogP) is 1.10. The summed E-state index contributed by atoms with van der Waals surface area (Å²) in [5.74, 6) is 0.844. The third-order valence-corrected chi connectivity index (χ3v) is 3.45. The first-order chi connectivity index (χ1) is 7.69. The van der Waals surface area contributed by atoms with Crippen LogP contribution in [0.1, 0.15) is 32.6 Å². The van der Waals surface area contributed by atoms with Crippen LogP contribution >= 0.6 is 0 Å². The van der Waals surface area contributed by atoms with E-state index in [-0.39, 0.29) is 6.29 Å². The van der Waals surface area contributed by atoms with E-state index in [1.165, 1.54) is 19.3 Å². The normalized spacial score (nSPS) is 27.6. The molecule has 1 saturated carbocycles. The van der Waals surface area contributed by atoms with E-state index in [4.69, 9.17) is 15.2 Å². The first-order valence-electron chi connectivity index (χ1n) is 6.21. The van der Waals surface area contributed by atoms with Gasteiger partial charge in [-0.25, -0.2) is 0 Å². The lowest BCUT2D eigenvalue weighted by atomic mass is 10.1. The number of methoxy groups -OCH3 is 2. The van der Waals surface area contributed by atoms with Gasteiger partial charge in [-0.2, -0.15) is 0 Å². The van der Waals surface area contributed by atoms with Gasteiger partial charge in [0.15, 0.2) is 6.29 Å². The molecule has 3 unspecified atom stereocenters. The maximum Gasteiger partial charge on any atom is 0.158 e. The molecule has 0 amide bonds. The molecule has 1 rings (SSSR count). The van der Waals surface area contributed by atoms with Gasteiger partial charge in [-0.1, -0.05) is 6.92 Å². The summed E-state index contributed by atoms with van der Waals surface area (Å²) in [6, 6.07) is 0.915. The zero-order valence-electron chi connectivity index (χ0n) is 10.7. The quantitative estimate of drug-likeness (QED) is 0.643. The third kappa shape index (κ3) is 4.37. The predicted molar refractivity (Wildman–Crippen MR) is 65.2 cm³/mol. The molecule has 1 aliphatic rings. The molecule has 0 radical (unpaired) electrons. The second kappa shape index (κ2) is 7.22. The fourth-order valence-electron chi connectivity index (χ4n) is 2.45. The molecule has 1 aliphatic carbocycles. The molecule has 96 valence electrons. The van der Waals surface area contributed by atoms with Crippen LogP contribution < -0.4 is 11.1 Å². The van der Waals surface area contributed by atoms with Crippen molar-refractivity contribution in [2.75, 3.05) is 20.8 Å². The van der Waals surface area contributed by atoms with Gasteiger partial charge < -0.3 is 20.5 Å². The van der Waals surface area contributed by atoms with Gasteiger partial charge >= 0.3 is 0 Å². The molecule has 4 heteroatoms. The van der Waals surface area contributed by atoms with Crippen molar-refractivity contribution in [3.8, 4) is 0 Å². The Balaban J connectivity index is 2.30. The van der Waals surface area contributed by atoms with Gasteiger partial charge in [-0.3, -0.25) is 0 Å². The average molecular weight is 230 g/mol. The Morgan fingerprint density at radius 1 is 1.31 bits per heavy atom. The standard InChI is InChI=1S/C12H26N2O2/c1-9-4-5-10(6-9)14-11(8-13)7-12(15-2)16-3/h9-12,14H,4-8,13H2,1-3H3. The maximum atomic E-state index is 5.77. The second-order valence-electron chi connectivity index (χ2n) is 4.85. The number of hydrogen-bond donors (Lipinski definition) is 2. The molecule has 0 saturated heterocycles. The van der Waals surface area contributed by atoms with Crippen LogP contribution in [0, 0.1) is 5.92 Å². The van der Waals surface area contributed by atoms with E-state index in [0.717, 1.165) is 12.3 Å². The van der Waals surface area contributed by atoms with Crippen molar-refractivity contribution in [2.24, 2.45) is 11.7 Å². The molecule has 0 aliphatic heterocycles. The highest BCUT2D eigenvalue weighted by molar-refractivity contribution is 4.82. The van der Waals surface area contributed by atoms with Crippen molar-refractivity contribution in [1.29, 1.82) is 0 Å². The van der Waals surface area contributed by atoms with E-state index in [1.54, 1.807) is 14.2 Å². The Hall–Kier alpha value is -0.160. The summed E-state index contributed by atoms with van der Waals surface area (Å²) in [6.07, 6.45) is 4.52. The molecular weight excluding hydrogens is 204 g/mol. The fraction of sp³-hybridized carbons (Fsp3) is 1.00. The van der Waals surface area contributed by atoms with Crippen molar-refractivity contribution in [3.63, 3.8) is 0 Å². The van der Waals surface area contributed by atoms with E-state index in [1.807, 2.05) is 0 Å². The smallest absolute Gasteiger partial charge is 0.158 e. The summed E-state index contributed by atoms with van der Waals surface area (Å²) in [7, 11) is 3.33. The Kier molecular flexibility index (Phi) is 6.28. The van der Waals surface area contributed by atoms with Gasteiger partial charge in [0.05, 0.1) is 0 Å². The number of nitrogens with one attached hydrogen (secondary N) is 1. The average Bonchev–Trinajstić information content (AvgIpc) is 2.70. The molecule has 0 heterocycles. The number of nitrogens with two attached hydrogens (primary N) is 1. The Morgan fingerprint density at radius 2 is 2.00 bits per heavy atom. The topological polar surface area (TPSA) is 56.5 Å². The van der Waals surface area contributed by atoms with E-state index >= 15 is 0 Å².